The Labute approximate surface area is 71.9 Å². The second-order valence-corrected chi connectivity index (χ2v) is 2.75. The largest absolute Gasteiger partial charge is 0.481 e. The molecule has 0 rings (SSSR count). The van der Waals surface area contributed by atoms with Crippen LogP contribution in [0.5, 0.6) is 0 Å². The van der Waals surface area contributed by atoms with Crippen LogP contribution in [0, 0.1) is 5.92 Å². The molecule has 0 radical (unpaired) electrons. The van der Waals surface area contributed by atoms with Gasteiger partial charge in [-0.3, -0.25) is 4.79 Å². The third-order valence-electron chi connectivity index (χ3n) is 1.44. The van der Waals surface area contributed by atoms with E-state index in [1.165, 1.54) is 0 Å². The van der Waals surface area contributed by atoms with Crippen molar-refractivity contribution in [3.63, 3.8) is 0 Å². The van der Waals surface area contributed by atoms with Gasteiger partial charge in [-0.15, -0.1) is 11.6 Å². The number of hydrogen-bond donors (Lipinski definition) is 1. The molecule has 0 aliphatic rings. The van der Waals surface area contributed by atoms with Gasteiger partial charge in [0.2, 0.25) is 0 Å². The predicted molar refractivity (Wildman–Crippen MR) is 45.9 cm³/mol. The van der Waals surface area contributed by atoms with Crippen LogP contribution in [0.3, 0.4) is 0 Å². The number of carboxylic acids is 1. The van der Waals surface area contributed by atoms with Gasteiger partial charge in [-0.2, -0.15) is 0 Å². The van der Waals surface area contributed by atoms with Crippen LogP contribution >= 0.6 is 11.6 Å². The summed E-state index contributed by atoms with van der Waals surface area (Å²) in [6, 6.07) is 0. The van der Waals surface area contributed by atoms with Crippen LogP contribution in [0.1, 0.15) is 19.8 Å². The maximum absolute atomic E-state index is 10.3. The minimum atomic E-state index is -0.732. The summed E-state index contributed by atoms with van der Waals surface area (Å²) in [5.41, 5.74) is 0. The lowest BCUT2D eigenvalue weighted by Gasteiger charge is -2.01. The Kier molecular flexibility index (Phi) is 5.94. The van der Waals surface area contributed by atoms with E-state index in [-0.39, 0.29) is 5.92 Å². The Bertz CT molecular complexity index is 143. The van der Waals surface area contributed by atoms with Crippen molar-refractivity contribution in [3.8, 4) is 0 Å². The standard InChI is InChI=1S/C8H13ClO2/c1-7(8(10)11)5-3-2-4-6-9/h2,4,7H,3,5-6H2,1H3,(H,10,11)/b4-2+. The van der Waals surface area contributed by atoms with Crippen molar-refractivity contribution in [1.29, 1.82) is 0 Å². The zero-order chi connectivity index (χ0) is 8.69. The summed E-state index contributed by atoms with van der Waals surface area (Å²) in [7, 11) is 0. The fourth-order valence-electron chi connectivity index (χ4n) is 0.651. The number of carboxylic acid groups (broad SMARTS) is 1. The van der Waals surface area contributed by atoms with Crippen LogP contribution < -0.4 is 0 Å². The van der Waals surface area contributed by atoms with Gasteiger partial charge in [-0.1, -0.05) is 19.1 Å². The first kappa shape index (κ1) is 10.5. The molecular formula is C8H13ClO2. The van der Waals surface area contributed by atoms with Crippen LogP contribution in [-0.2, 0) is 4.79 Å². The molecule has 1 N–H and O–H groups in total. The molecule has 0 aliphatic carbocycles. The second-order valence-electron chi connectivity index (χ2n) is 2.44. The van der Waals surface area contributed by atoms with E-state index < -0.39 is 5.97 Å². The summed E-state index contributed by atoms with van der Waals surface area (Å²) < 4.78 is 0. The Morgan fingerprint density at radius 2 is 2.27 bits per heavy atom. The third-order valence-corrected chi connectivity index (χ3v) is 1.62. The second kappa shape index (κ2) is 6.23. The number of alkyl halides is 1. The Balaban J connectivity index is 3.38. The van der Waals surface area contributed by atoms with Crippen molar-refractivity contribution in [2.45, 2.75) is 19.8 Å². The average Bonchev–Trinajstić information content (AvgIpc) is 1.97. The molecule has 0 amide bonds. The molecule has 0 spiro atoms. The molecule has 64 valence electrons. The van der Waals surface area contributed by atoms with Crippen LogP contribution in [-0.4, -0.2) is 17.0 Å². The van der Waals surface area contributed by atoms with Crippen molar-refractivity contribution in [2.75, 3.05) is 5.88 Å². The molecule has 0 saturated heterocycles. The highest BCUT2D eigenvalue weighted by atomic mass is 35.5. The van der Waals surface area contributed by atoms with Gasteiger partial charge in [0.15, 0.2) is 0 Å². The zero-order valence-corrected chi connectivity index (χ0v) is 7.34. The summed E-state index contributed by atoms with van der Waals surface area (Å²) in [5, 5.41) is 8.49. The van der Waals surface area contributed by atoms with Gasteiger partial charge in [-0.05, 0) is 12.8 Å². The van der Waals surface area contributed by atoms with Gasteiger partial charge in [0.25, 0.3) is 0 Å². The van der Waals surface area contributed by atoms with Gasteiger partial charge in [0.1, 0.15) is 0 Å². The van der Waals surface area contributed by atoms with Gasteiger partial charge in [-0.25, -0.2) is 0 Å². The molecule has 1 unspecified atom stereocenters. The molecule has 11 heavy (non-hydrogen) atoms. The summed E-state index contributed by atoms with van der Waals surface area (Å²) in [6.07, 6.45) is 5.21. The summed E-state index contributed by atoms with van der Waals surface area (Å²) in [5.74, 6) is -0.485. The maximum atomic E-state index is 10.3. The molecule has 2 nitrogen and oxygen atoms in total. The normalized spacial score (nSPS) is 13.6. The molecular weight excluding hydrogens is 164 g/mol. The van der Waals surface area contributed by atoms with Gasteiger partial charge in [0.05, 0.1) is 5.92 Å². The van der Waals surface area contributed by atoms with E-state index in [0.29, 0.717) is 12.3 Å². The number of carbonyl (C=O) groups is 1. The number of allylic oxidation sites excluding steroid dienone is 2. The van der Waals surface area contributed by atoms with Gasteiger partial charge in [0, 0.05) is 5.88 Å². The fourth-order valence-corrected chi connectivity index (χ4v) is 0.777. The van der Waals surface area contributed by atoms with Crippen LogP contribution in [0.2, 0.25) is 0 Å². The first-order valence-electron chi connectivity index (χ1n) is 3.62. The lowest BCUT2D eigenvalue weighted by atomic mass is 10.1. The number of hydrogen-bond acceptors (Lipinski definition) is 1. The third kappa shape index (κ3) is 5.92. The van der Waals surface area contributed by atoms with Crippen LogP contribution in [0.15, 0.2) is 12.2 Å². The van der Waals surface area contributed by atoms with E-state index in [1.54, 1.807) is 6.92 Å². The van der Waals surface area contributed by atoms with E-state index >= 15 is 0 Å². The summed E-state index contributed by atoms with van der Waals surface area (Å²) >= 11 is 5.38. The highest BCUT2D eigenvalue weighted by molar-refractivity contribution is 6.18. The van der Waals surface area contributed by atoms with Gasteiger partial charge < -0.3 is 5.11 Å². The van der Waals surface area contributed by atoms with Crippen molar-refractivity contribution in [2.24, 2.45) is 5.92 Å². The number of halogens is 1. The minimum absolute atomic E-state index is 0.255. The number of aliphatic carboxylic acids is 1. The molecule has 0 saturated carbocycles. The topological polar surface area (TPSA) is 37.3 Å². The lowest BCUT2D eigenvalue weighted by molar-refractivity contribution is -0.141. The van der Waals surface area contributed by atoms with Crippen LogP contribution in [0.25, 0.3) is 0 Å². The van der Waals surface area contributed by atoms with Crippen molar-refractivity contribution < 1.29 is 9.90 Å². The van der Waals surface area contributed by atoms with E-state index in [2.05, 4.69) is 0 Å². The molecule has 0 aliphatic heterocycles. The smallest absolute Gasteiger partial charge is 0.306 e. The van der Waals surface area contributed by atoms with E-state index in [9.17, 15) is 4.79 Å². The summed E-state index contributed by atoms with van der Waals surface area (Å²) in [6.45, 7) is 1.71. The Morgan fingerprint density at radius 3 is 2.73 bits per heavy atom. The molecule has 0 aromatic carbocycles. The summed E-state index contributed by atoms with van der Waals surface area (Å²) in [4.78, 5) is 10.3. The van der Waals surface area contributed by atoms with E-state index in [1.807, 2.05) is 12.2 Å². The molecule has 0 aromatic heterocycles. The molecule has 0 bridgehead atoms. The van der Waals surface area contributed by atoms with E-state index in [0.717, 1.165) is 6.42 Å². The monoisotopic (exact) mass is 176 g/mol. The maximum Gasteiger partial charge on any atom is 0.306 e. The van der Waals surface area contributed by atoms with E-state index in [4.69, 9.17) is 16.7 Å². The Morgan fingerprint density at radius 1 is 1.64 bits per heavy atom. The van der Waals surface area contributed by atoms with Crippen molar-refractivity contribution in [1.82, 2.24) is 0 Å². The first-order valence-corrected chi connectivity index (χ1v) is 4.15. The molecule has 3 heteroatoms. The average molecular weight is 177 g/mol. The van der Waals surface area contributed by atoms with Crippen LogP contribution in [0.4, 0.5) is 0 Å². The quantitative estimate of drug-likeness (QED) is 0.516. The van der Waals surface area contributed by atoms with Crippen molar-refractivity contribution >= 4 is 17.6 Å². The zero-order valence-electron chi connectivity index (χ0n) is 6.59. The SMILES string of the molecule is CC(CC/C=C/CCl)C(=O)O. The highest BCUT2D eigenvalue weighted by Gasteiger charge is 2.07. The highest BCUT2D eigenvalue weighted by Crippen LogP contribution is 2.05. The van der Waals surface area contributed by atoms with Gasteiger partial charge >= 0.3 is 5.97 Å². The fraction of sp³-hybridized carbons (Fsp3) is 0.625. The molecule has 0 fully saturated rings. The molecule has 1 atom stereocenters. The Hall–Kier alpha value is -0.500. The predicted octanol–water partition coefficient (Wildman–Crippen LogP) is 2.28. The minimum Gasteiger partial charge on any atom is -0.481 e. The van der Waals surface area contributed by atoms with Crippen molar-refractivity contribution in [3.05, 3.63) is 12.2 Å². The molecule has 0 heterocycles. The molecule has 0 aromatic rings. The lowest BCUT2D eigenvalue weighted by Crippen LogP contribution is -2.08. The first-order chi connectivity index (χ1) is 5.18. The number of rotatable bonds is 5.